The monoisotopic (exact) mass is 464 g/mol. The molecule has 0 saturated heterocycles. The number of hydrogen-bond acceptors (Lipinski definition) is 9. The van der Waals surface area contributed by atoms with Crippen LogP contribution in [-0.4, -0.2) is 61.0 Å². The second-order valence-electron chi connectivity index (χ2n) is 6.71. The first kappa shape index (κ1) is 28.3. The van der Waals surface area contributed by atoms with Gasteiger partial charge in [-0.1, -0.05) is 34.9 Å². The largest absolute Gasteiger partial charge is 0.465 e. The number of nitrogens with two attached hydrogens (primary N) is 4. The number of ether oxygens (including phenoxy) is 2. The van der Waals surface area contributed by atoms with Gasteiger partial charge in [0.2, 0.25) is 0 Å². The normalized spacial score (nSPS) is 12.6. The summed E-state index contributed by atoms with van der Waals surface area (Å²) in [6.45, 7) is 2.94. The Hall–Kier alpha value is -1.66. The number of nitrogens with zero attached hydrogens (tertiary/aromatic N) is 1. The highest BCUT2D eigenvalue weighted by molar-refractivity contribution is 8.76. The summed E-state index contributed by atoms with van der Waals surface area (Å²) < 4.78 is 10.4. The maximum Gasteiger partial charge on any atom is 0.322 e. The summed E-state index contributed by atoms with van der Waals surface area (Å²) in [5, 5.41) is 7.13. The first-order chi connectivity index (χ1) is 14.2. The van der Waals surface area contributed by atoms with E-state index in [4.69, 9.17) is 37.8 Å². The highest BCUT2D eigenvalue weighted by atomic mass is 33.1. The van der Waals surface area contributed by atoms with Crippen LogP contribution >= 0.6 is 21.6 Å². The number of rotatable bonds is 18. The van der Waals surface area contributed by atoms with E-state index < -0.39 is 12.0 Å². The molecular formula is C18H36N6O4S2. The van der Waals surface area contributed by atoms with E-state index in [1.165, 1.54) is 0 Å². The molecule has 0 radical (unpaired) electrons. The molecule has 30 heavy (non-hydrogen) atoms. The maximum absolute atomic E-state index is 11.9. The minimum atomic E-state index is -0.643. The predicted molar refractivity (Wildman–Crippen MR) is 124 cm³/mol. The molecule has 12 heteroatoms. The Labute approximate surface area is 186 Å². The lowest BCUT2D eigenvalue weighted by atomic mass is 10.1. The van der Waals surface area contributed by atoms with E-state index in [0.717, 1.165) is 19.3 Å². The van der Waals surface area contributed by atoms with E-state index in [0.29, 0.717) is 43.9 Å². The summed E-state index contributed by atoms with van der Waals surface area (Å²) in [5.41, 5.74) is 21.5. The molecule has 0 aliphatic carbocycles. The van der Waals surface area contributed by atoms with Crippen LogP contribution < -0.4 is 22.9 Å². The predicted octanol–water partition coefficient (Wildman–Crippen LogP) is 0.968. The van der Waals surface area contributed by atoms with Gasteiger partial charge in [-0.25, -0.2) is 0 Å². The molecule has 0 saturated carbocycles. The molecule has 0 heterocycles. The Morgan fingerprint density at radius 2 is 1.57 bits per heavy atom. The van der Waals surface area contributed by atoms with E-state index in [9.17, 15) is 9.59 Å². The SMILES string of the molecule is CC(CCCN=C(N)N)C(=O)OCCSSCCOC(=O)C(N)CCCCC(=N)N. The van der Waals surface area contributed by atoms with Crippen LogP contribution in [0.1, 0.15) is 45.4 Å². The van der Waals surface area contributed by atoms with Crippen LogP contribution in [0.3, 0.4) is 0 Å². The molecule has 0 spiro atoms. The van der Waals surface area contributed by atoms with Gasteiger partial charge in [-0.3, -0.25) is 20.0 Å². The zero-order valence-electron chi connectivity index (χ0n) is 17.6. The average molecular weight is 465 g/mol. The van der Waals surface area contributed by atoms with Gasteiger partial charge < -0.3 is 32.4 Å². The molecular weight excluding hydrogens is 428 g/mol. The smallest absolute Gasteiger partial charge is 0.322 e. The molecule has 0 rings (SSSR count). The quantitative estimate of drug-likeness (QED) is 0.0641. The van der Waals surface area contributed by atoms with Crippen molar-refractivity contribution in [3.8, 4) is 0 Å². The van der Waals surface area contributed by atoms with Gasteiger partial charge in [-0.2, -0.15) is 0 Å². The zero-order chi connectivity index (χ0) is 22.8. The van der Waals surface area contributed by atoms with Crippen molar-refractivity contribution in [2.75, 3.05) is 31.3 Å². The lowest BCUT2D eigenvalue weighted by Crippen LogP contribution is -2.32. The van der Waals surface area contributed by atoms with Crippen molar-refractivity contribution in [2.45, 2.75) is 51.5 Å². The van der Waals surface area contributed by atoms with E-state index in [2.05, 4.69) is 4.99 Å². The Bertz CT molecular complexity index is 547. The van der Waals surface area contributed by atoms with Gasteiger partial charge in [0.25, 0.3) is 0 Å². The molecule has 0 amide bonds. The molecule has 0 aliphatic rings. The number of carbonyl (C=O) groups is 2. The molecule has 0 aromatic heterocycles. The minimum Gasteiger partial charge on any atom is -0.465 e. The minimum absolute atomic E-state index is 0.0542. The van der Waals surface area contributed by atoms with Crippen molar-refractivity contribution in [1.82, 2.24) is 0 Å². The van der Waals surface area contributed by atoms with E-state index in [1.807, 2.05) is 6.92 Å². The zero-order valence-corrected chi connectivity index (χ0v) is 19.3. The summed E-state index contributed by atoms with van der Waals surface area (Å²) in [5.74, 6) is 0.650. The fraction of sp³-hybridized carbons (Fsp3) is 0.778. The lowest BCUT2D eigenvalue weighted by molar-refractivity contribution is -0.147. The van der Waals surface area contributed by atoms with Crippen LogP contribution in [0, 0.1) is 11.3 Å². The van der Waals surface area contributed by atoms with Gasteiger partial charge in [0.05, 0.1) is 11.8 Å². The lowest BCUT2D eigenvalue weighted by Gasteiger charge is -2.11. The van der Waals surface area contributed by atoms with E-state index in [1.54, 1.807) is 21.6 Å². The summed E-state index contributed by atoms with van der Waals surface area (Å²) >= 11 is 0. The Morgan fingerprint density at radius 1 is 0.967 bits per heavy atom. The molecule has 2 unspecified atom stereocenters. The Morgan fingerprint density at radius 3 is 2.13 bits per heavy atom. The van der Waals surface area contributed by atoms with Gasteiger partial charge in [-0.05, 0) is 25.7 Å². The third-order valence-electron chi connectivity index (χ3n) is 3.91. The molecule has 2 atom stereocenters. The fourth-order valence-electron chi connectivity index (χ4n) is 2.24. The highest BCUT2D eigenvalue weighted by Crippen LogP contribution is 2.20. The number of hydrogen-bond donors (Lipinski definition) is 5. The standard InChI is InChI=1S/C18H36N6O4S2/c1-13(5-4-8-24-18(22)23)16(25)27-9-11-29-30-12-10-28-17(26)14(19)6-2-3-7-15(20)21/h13-14H,2-12,19H2,1H3,(H3,20,21)(H4,22,23,24). The number of aliphatic imine (C=N–C) groups is 1. The number of amidine groups is 1. The van der Waals surface area contributed by atoms with Crippen molar-refractivity contribution in [2.24, 2.45) is 33.8 Å². The van der Waals surface area contributed by atoms with Crippen LogP contribution in [0.4, 0.5) is 0 Å². The molecule has 0 aromatic carbocycles. The number of nitrogens with one attached hydrogen (secondary N) is 1. The number of carbonyl (C=O) groups excluding carboxylic acids is 2. The molecule has 0 aromatic rings. The van der Waals surface area contributed by atoms with E-state index in [-0.39, 0.29) is 30.3 Å². The topological polar surface area (TPSA) is 193 Å². The van der Waals surface area contributed by atoms with Crippen LogP contribution in [-0.2, 0) is 19.1 Å². The molecule has 0 bridgehead atoms. The van der Waals surface area contributed by atoms with Crippen molar-refractivity contribution in [3.05, 3.63) is 0 Å². The first-order valence-electron chi connectivity index (χ1n) is 9.95. The van der Waals surface area contributed by atoms with Gasteiger partial charge in [0, 0.05) is 24.5 Å². The number of guanidine groups is 1. The molecule has 0 aliphatic heterocycles. The van der Waals surface area contributed by atoms with Crippen molar-refractivity contribution < 1.29 is 19.1 Å². The van der Waals surface area contributed by atoms with Crippen LogP contribution in [0.2, 0.25) is 0 Å². The second-order valence-corrected chi connectivity index (χ2v) is 9.41. The van der Waals surface area contributed by atoms with Crippen molar-refractivity contribution in [1.29, 1.82) is 5.41 Å². The third kappa shape index (κ3) is 17.2. The van der Waals surface area contributed by atoms with Crippen LogP contribution in [0.5, 0.6) is 0 Å². The van der Waals surface area contributed by atoms with Gasteiger partial charge in [-0.15, -0.1) is 0 Å². The summed E-state index contributed by atoms with van der Waals surface area (Å²) in [4.78, 5) is 27.5. The average Bonchev–Trinajstić information content (AvgIpc) is 2.69. The molecule has 174 valence electrons. The molecule has 10 nitrogen and oxygen atoms in total. The second kappa shape index (κ2) is 18.1. The van der Waals surface area contributed by atoms with Crippen molar-refractivity contribution in [3.63, 3.8) is 0 Å². The van der Waals surface area contributed by atoms with Crippen molar-refractivity contribution >= 4 is 45.3 Å². The van der Waals surface area contributed by atoms with Gasteiger partial charge in [0.1, 0.15) is 19.3 Å². The Kier molecular flexibility index (Phi) is 17.1. The number of unbranched alkanes of at least 4 members (excludes halogenated alkanes) is 1. The van der Waals surface area contributed by atoms with Gasteiger partial charge in [0.15, 0.2) is 5.96 Å². The summed E-state index contributed by atoms with van der Waals surface area (Å²) in [7, 11) is 3.09. The molecule has 9 N–H and O–H groups in total. The van der Waals surface area contributed by atoms with Crippen LogP contribution in [0.25, 0.3) is 0 Å². The maximum atomic E-state index is 11.9. The van der Waals surface area contributed by atoms with Crippen LogP contribution in [0.15, 0.2) is 4.99 Å². The Balaban J connectivity index is 3.59. The fourth-order valence-corrected chi connectivity index (χ4v) is 3.89. The van der Waals surface area contributed by atoms with Gasteiger partial charge >= 0.3 is 11.9 Å². The third-order valence-corrected chi connectivity index (χ3v) is 6.24. The number of esters is 2. The summed E-state index contributed by atoms with van der Waals surface area (Å²) in [6, 6.07) is -0.643. The summed E-state index contributed by atoms with van der Waals surface area (Å²) in [6.07, 6.45) is 3.90. The van der Waals surface area contributed by atoms with E-state index >= 15 is 0 Å². The first-order valence-corrected chi connectivity index (χ1v) is 12.4. The molecule has 0 fully saturated rings. The highest BCUT2D eigenvalue weighted by Gasteiger charge is 2.15.